The molecular formula is C21H22N4O2S2. The first-order valence-corrected chi connectivity index (χ1v) is 11.4. The standard InChI is InChI=1S/C21H22N4O2S2/c1-14-6-7-16(29-14)15-11-28-19-18(15)20(27)25(13-23-19)10-17(26)24(2)21(12-22)8-4-3-5-9-21/h6-7,11,13H,3-5,8-10H2,1-2H3. The van der Waals surface area contributed by atoms with Crippen LogP contribution < -0.4 is 5.56 Å². The summed E-state index contributed by atoms with van der Waals surface area (Å²) in [4.78, 5) is 35.0. The number of nitrogens with zero attached hydrogens (tertiary/aromatic N) is 4. The molecule has 1 aliphatic rings. The van der Waals surface area contributed by atoms with E-state index >= 15 is 0 Å². The number of nitriles is 1. The smallest absolute Gasteiger partial charge is 0.263 e. The highest BCUT2D eigenvalue weighted by Crippen LogP contribution is 2.35. The largest absolute Gasteiger partial charge is 0.325 e. The van der Waals surface area contributed by atoms with Gasteiger partial charge in [-0.05, 0) is 31.9 Å². The third kappa shape index (κ3) is 3.49. The number of hydrogen-bond donors (Lipinski definition) is 0. The van der Waals surface area contributed by atoms with Gasteiger partial charge in [0.1, 0.15) is 16.9 Å². The lowest BCUT2D eigenvalue weighted by atomic mass is 9.81. The number of amides is 1. The second-order valence-corrected chi connectivity index (χ2v) is 9.72. The lowest BCUT2D eigenvalue weighted by Gasteiger charge is -2.39. The zero-order valence-corrected chi connectivity index (χ0v) is 18.1. The van der Waals surface area contributed by atoms with Gasteiger partial charge in [0.15, 0.2) is 0 Å². The van der Waals surface area contributed by atoms with Crippen LogP contribution in [0, 0.1) is 18.3 Å². The van der Waals surface area contributed by atoms with Crippen molar-refractivity contribution in [3.63, 3.8) is 0 Å². The van der Waals surface area contributed by atoms with Crippen molar-refractivity contribution in [1.82, 2.24) is 14.5 Å². The van der Waals surface area contributed by atoms with E-state index in [1.165, 1.54) is 27.1 Å². The molecule has 0 bridgehead atoms. The molecule has 1 fully saturated rings. The van der Waals surface area contributed by atoms with Crippen LogP contribution in [0.4, 0.5) is 0 Å². The number of likely N-dealkylation sites (N-methyl/N-ethyl adjacent to an activating group) is 1. The van der Waals surface area contributed by atoms with Crippen molar-refractivity contribution in [2.45, 2.75) is 51.1 Å². The Morgan fingerprint density at radius 1 is 1.34 bits per heavy atom. The number of carbonyl (C=O) groups excluding carboxylic acids is 1. The van der Waals surface area contributed by atoms with Crippen LogP contribution in [-0.2, 0) is 11.3 Å². The van der Waals surface area contributed by atoms with E-state index < -0.39 is 5.54 Å². The predicted molar refractivity (Wildman–Crippen MR) is 116 cm³/mol. The van der Waals surface area contributed by atoms with Gasteiger partial charge >= 0.3 is 0 Å². The summed E-state index contributed by atoms with van der Waals surface area (Å²) in [6, 6.07) is 6.40. The monoisotopic (exact) mass is 426 g/mol. The Morgan fingerprint density at radius 2 is 2.10 bits per heavy atom. The van der Waals surface area contributed by atoms with Crippen molar-refractivity contribution in [2.24, 2.45) is 0 Å². The summed E-state index contributed by atoms with van der Waals surface area (Å²) in [5.74, 6) is -0.236. The van der Waals surface area contributed by atoms with Crippen molar-refractivity contribution in [2.75, 3.05) is 7.05 Å². The molecule has 29 heavy (non-hydrogen) atoms. The Hall–Kier alpha value is -2.50. The van der Waals surface area contributed by atoms with Gasteiger partial charge in [0.2, 0.25) is 5.91 Å². The molecule has 0 aliphatic heterocycles. The average molecular weight is 427 g/mol. The van der Waals surface area contributed by atoms with Crippen molar-refractivity contribution in [1.29, 1.82) is 5.26 Å². The van der Waals surface area contributed by atoms with Gasteiger partial charge in [-0.15, -0.1) is 22.7 Å². The number of aromatic nitrogens is 2. The third-order valence-corrected chi connectivity index (χ3v) is 7.70. The summed E-state index contributed by atoms with van der Waals surface area (Å²) in [7, 11) is 1.68. The van der Waals surface area contributed by atoms with Crippen LogP contribution in [-0.4, -0.2) is 32.9 Å². The molecule has 0 N–H and O–H groups in total. The summed E-state index contributed by atoms with van der Waals surface area (Å²) in [6.07, 6.45) is 5.79. The van der Waals surface area contributed by atoms with Crippen LogP contribution in [0.5, 0.6) is 0 Å². The minimum atomic E-state index is -0.765. The average Bonchev–Trinajstić information content (AvgIpc) is 3.36. The molecule has 3 aromatic rings. The molecule has 150 valence electrons. The molecule has 1 aliphatic carbocycles. The van der Waals surface area contributed by atoms with Crippen molar-refractivity contribution >= 4 is 38.8 Å². The maximum absolute atomic E-state index is 13.2. The molecule has 0 atom stereocenters. The molecule has 6 nitrogen and oxygen atoms in total. The van der Waals surface area contributed by atoms with E-state index in [-0.39, 0.29) is 18.0 Å². The highest BCUT2D eigenvalue weighted by atomic mass is 32.1. The molecule has 0 radical (unpaired) electrons. The van der Waals surface area contributed by atoms with Gasteiger partial charge in [-0.1, -0.05) is 19.3 Å². The van der Waals surface area contributed by atoms with E-state index in [2.05, 4.69) is 11.1 Å². The topological polar surface area (TPSA) is 79.0 Å². The van der Waals surface area contributed by atoms with Gasteiger partial charge < -0.3 is 4.90 Å². The molecule has 1 amide bonds. The van der Waals surface area contributed by atoms with Crippen LogP contribution in [0.2, 0.25) is 0 Å². The van der Waals surface area contributed by atoms with E-state index in [9.17, 15) is 14.9 Å². The molecule has 3 heterocycles. The normalized spacial score (nSPS) is 15.9. The SMILES string of the molecule is Cc1ccc(-c2csc3ncn(CC(=O)N(C)C4(C#N)CCCCC4)c(=O)c23)s1. The molecule has 0 aromatic carbocycles. The highest BCUT2D eigenvalue weighted by Gasteiger charge is 2.38. The number of thiophene rings is 2. The van der Waals surface area contributed by atoms with Crippen LogP contribution >= 0.6 is 22.7 Å². The van der Waals surface area contributed by atoms with Gasteiger partial charge in [0.05, 0.1) is 17.8 Å². The second kappa shape index (κ2) is 7.73. The van der Waals surface area contributed by atoms with Crippen molar-refractivity contribution in [3.8, 4) is 16.5 Å². The van der Waals surface area contributed by atoms with E-state index in [4.69, 9.17) is 0 Å². The molecule has 1 saturated carbocycles. The summed E-state index contributed by atoms with van der Waals surface area (Å²) >= 11 is 3.07. The van der Waals surface area contributed by atoms with Gasteiger partial charge in [0.25, 0.3) is 5.56 Å². The molecular weight excluding hydrogens is 404 g/mol. The third-order valence-electron chi connectivity index (χ3n) is 5.78. The zero-order valence-electron chi connectivity index (χ0n) is 16.5. The van der Waals surface area contributed by atoms with Gasteiger partial charge in [0, 0.05) is 27.7 Å². The van der Waals surface area contributed by atoms with Crippen LogP contribution in [0.3, 0.4) is 0 Å². The number of aryl methyl sites for hydroxylation is 1. The molecule has 0 spiro atoms. The van der Waals surface area contributed by atoms with Gasteiger partial charge in [-0.2, -0.15) is 5.26 Å². The fourth-order valence-corrected chi connectivity index (χ4v) is 5.85. The summed E-state index contributed by atoms with van der Waals surface area (Å²) in [6.45, 7) is 1.92. The summed E-state index contributed by atoms with van der Waals surface area (Å²) in [5, 5.41) is 12.2. The van der Waals surface area contributed by atoms with Crippen molar-refractivity contribution < 1.29 is 4.79 Å². The van der Waals surface area contributed by atoms with Crippen LogP contribution in [0.1, 0.15) is 37.0 Å². The quantitative estimate of drug-likeness (QED) is 0.627. The number of rotatable bonds is 4. The van der Waals surface area contributed by atoms with Crippen LogP contribution in [0.25, 0.3) is 20.7 Å². The number of hydrogen-bond acceptors (Lipinski definition) is 6. The second-order valence-electron chi connectivity index (χ2n) is 7.57. The zero-order chi connectivity index (χ0) is 20.6. The van der Waals surface area contributed by atoms with E-state index in [1.54, 1.807) is 23.3 Å². The van der Waals surface area contributed by atoms with Gasteiger partial charge in [-0.25, -0.2) is 4.98 Å². The summed E-state index contributed by atoms with van der Waals surface area (Å²) < 4.78 is 1.37. The van der Waals surface area contributed by atoms with E-state index in [0.717, 1.165) is 29.7 Å². The van der Waals surface area contributed by atoms with Gasteiger partial charge in [-0.3, -0.25) is 14.2 Å². The molecule has 4 rings (SSSR count). The van der Waals surface area contributed by atoms with Crippen LogP contribution in [0.15, 0.2) is 28.6 Å². The van der Waals surface area contributed by atoms with Crippen molar-refractivity contribution in [3.05, 3.63) is 39.1 Å². The molecule has 3 aromatic heterocycles. The summed E-state index contributed by atoms with van der Waals surface area (Å²) in [5.41, 5.74) is -0.108. The minimum Gasteiger partial charge on any atom is -0.325 e. The predicted octanol–water partition coefficient (Wildman–Crippen LogP) is 4.18. The lowest BCUT2D eigenvalue weighted by Crippen LogP contribution is -2.51. The van der Waals surface area contributed by atoms with E-state index in [0.29, 0.717) is 23.1 Å². The first kappa shape index (κ1) is 19.8. The molecule has 8 heteroatoms. The molecule has 0 saturated heterocycles. The first-order valence-electron chi connectivity index (χ1n) is 9.66. The Kier molecular flexibility index (Phi) is 5.28. The maximum atomic E-state index is 13.2. The lowest BCUT2D eigenvalue weighted by molar-refractivity contribution is -0.135. The number of fused-ring (bicyclic) bond motifs is 1. The highest BCUT2D eigenvalue weighted by molar-refractivity contribution is 7.19. The number of carbonyl (C=O) groups is 1. The Bertz CT molecular complexity index is 1160. The molecule has 0 unspecified atom stereocenters. The maximum Gasteiger partial charge on any atom is 0.263 e. The van der Waals surface area contributed by atoms with E-state index in [1.807, 2.05) is 24.4 Å². The Balaban J connectivity index is 1.66. The Labute approximate surface area is 177 Å². The fourth-order valence-electron chi connectivity index (χ4n) is 3.99. The first-order chi connectivity index (χ1) is 13.9. The fraction of sp³-hybridized carbons (Fsp3) is 0.429. The Morgan fingerprint density at radius 3 is 2.76 bits per heavy atom. The minimum absolute atomic E-state index is 0.111.